The Labute approximate surface area is 196 Å². The third-order valence-corrected chi connectivity index (χ3v) is 6.89. The molecule has 34 heavy (non-hydrogen) atoms. The molecule has 0 radical (unpaired) electrons. The minimum atomic E-state index is -0.967. The van der Waals surface area contributed by atoms with Gasteiger partial charge >= 0.3 is 17.8 Å². The zero-order valence-corrected chi connectivity index (χ0v) is 18.8. The molecule has 11 nitrogen and oxygen atoms in total. The van der Waals surface area contributed by atoms with Gasteiger partial charge in [0.1, 0.15) is 5.82 Å². The molecule has 11 heteroatoms. The van der Waals surface area contributed by atoms with E-state index in [0.29, 0.717) is 18.3 Å². The number of hydrogen-bond donors (Lipinski definition) is 4. The summed E-state index contributed by atoms with van der Waals surface area (Å²) in [5, 5.41) is 17.5. The first-order valence-corrected chi connectivity index (χ1v) is 11.7. The van der Waals surface area contributed by atoms with Gasteiger partial charge in [0.15, 0.2) is 0 Å². The molecule has 0 spiro atoms. The Morgan fingerprint density at radius 2 is 1.91 bits per heavy atom. The number of carbonyl (C=O) groups excluding carboxylic acids is 1. The number of likely N-dealkylation sites (tertiary alicyclic amines) is 2. The van der Waals surface area contributed by atoms with Crippen LogP contribution in [0.15, 0.2) is 41.3 Å². The first-order valence-electron chi connectivity index (χ1n) is 11.7. The minimum absolute atomic E-state index is 0.0192. The Morgan fingerprint density at radius 1 is 1.15 bits per heavy atom. The van der Waals surface area contributed by atoms with Crippen LogP contribution in [0.25, 0.3) is 5.69 Å². The number of amides is 3. The van der Waals surface area contributed by atoms with Crippen LogP contribution in [0.3, 0.4) is 0 Å². The van der Waals surface area contributed by atoms with E-state index in [1.165, 1.54) is 4.57 Å². The third-order valence-electron chi connectivity index (χ3n) is 6.89. The molecule has 3 amide bonds. The SMILES string of the molecule is O=C(O)NC1CCN(Cc2ccc(-n3ccc(NC(=O)N4C[C@@H]5C[C@H]4CN5)nc3=O)cc2)CC1. The highest BCUT2D eigenvalue weighted by Gasteiger charge is 2.40. The number of nitrogens with zero attached hydrogens (tertiary/aromatic N) is 4. The zero-order chi connectivity index (χ0) is 23.7. The second-order valence-electron chi connectivity index (χ2n) is 9.21. The largest absolute Gasteiger partial charge is 0.465 e. The molecule has 1 aromatic carbocycles. The summed E-state index contributed by atoms with van der Waals surface area (Å²) in [6.07, 6.45) is 3.22. The first kappa shape index (κ1) is 22.4. The van der Waals surface area contributed by atoms with Gasteiger partial charge in [-0.25, -0.2) is 14.4 Å². The normalized spacial score (nSPS) is 22.6. The molecule has 0 aliphatic carbocycles. The van der Waals surface area contributed by atoms with Gasteiger partial charge < -0.3 is 20.6 Å². The fourth-order valence-electron chi connectivity index (χ4n) is 5.09. The molecule has 0 saturated carbocycles. The first-order chi connectivity index (χ1) is 16.4. The summed E-state index contributed by atoms with van der Waals surface area (Å²) >= 11 is 0. The van der Waals surface area contributed by atoms with Crippen molar-refractivity contribution in [1.82, 2.24) is 30.0 Å². The summed E-state index contributed by atoms with van der Waals surface area (Å²) in [6.45, 7) is 3.92. The monoisotopic (exact) mass is 467 g/mol. The van der Waals surface area contributed by atoms with Gasteiger partial charge in [0.25, 0.3) is 0 Å². The number of piperidine rings is 1. The van der Waals surface area contributed by atoms with Crippen LogP contribution in [0, 0.1) is 0 Å². The van der Waals surface area contributed by atoms with Crippen LogP contribution in [0.2, 0.25) is 0 Å². The van der Waals surface area contributed by atoms with Gasteiger partial charge in [-0.2, -0.15) is 4.98 Å². The maximum Gasteiger partial charge on any atom is 0.404 e. The van der Waals surface area contributed by atoms with Crippen molar-refractivity contribution in [2.75, 3.05) is 31.5 Å². The molecule has 2 bridgehead atoms. The standard InChI is InChI=1S/C23H29N7O4/c31-21-26-20(27-22(32)30-14-17-11-19(30)12-24-17)7-10-29(21)18-3-1-15(2-4-18)13-28-8-5-16(6-9-28)25-23(33)34/h1-4,7,10,16-17,19,24-25H,5-6,8-9,11-14H2,(H,33,34)(H,26,27,31,32)/t17-,19-/m0/s1. The molecule has 4 N–H and O–H groups in total. The molecular formula is C23H29N7O4. The summed E-state index contributed by atoms with van der Waals surface area (Å²) in [7, 11) is 0. The average molecular weight is 468 g/mol. The van der Waals surface area contributed by atoms with Crippen molar-refractivity contribution in [3.63, 3.8) is 0 Å². The molecule has 180 valence electrons. The number of benzene rings is 1. The molecular weight excluding hydrogens is 438 g/mol. The Hall–Kier alpha value is -3.44. The van der Waals surface area contributed by atoms with Crippen molar-refractivity contribution in [2.45, 2.75) is 43.9 Å². The highest BCUT2D eigenvalue weighted by atomic mass is 16.4. The van der Waals surface area contributed by atoms with Gasteiger partial charge in [-0.3, -0.25) is 14.8 Å². The molecule has 4 heterocycles. The quantitative estimate of drug-likeness (QED) is 0.517. The van der Waals surface area contributed by atoms with E-state index in [9.17, 15) is 14.4 Å². The average Bonchev–Trinajstić information content (AvgIpc) is 3.45. The molecule has 2 aromatic rings. The summed E-state index contributed by atoms with van der Waals surface area (Å²) in [5.74, 6) is 0.249. The van der Waals surface area contributed by atoms with Crippen LogP contribution in [0.5, 0.6) is 0 Å². The van der Waals surface area contributed by atoms with E-state index in [1.807, 2.05) is 24.3 Å². The predicted octanol–water partition coefficient (Wildman–Crippen LogP) is 1.04. The maximum absolute atomic E-state index is 12.6. The Kier molecular flexibility index (Phi) is 6.20. The second-order valence-corrected chi connectivity index (χ2v) is 9.21. The van der Waals surface area contributed by atoms with Crippen molar-refractivity contribution < 1.29 is 14.7 Å². The van der Waals surface area contributed by atoms with E-state index in [0.717, 1.165) is 51.0 Å². The smallest absolute Gasteiger partial charge is 0.404 e. The van der Waals surface area contributed by atoms with Crippen LogP contribution < -0.4 is 21.6 Å². The van der Waals surface area contributed by atoms with Gasteiger partial charge in [-0.1, -0.05) is 12.1 Å². The van der Waals surface area contributed by atoms with Crippen LogP contribution in [0.4, 0.5) is 15.4 Å². The highest BCUT2D eigenvalue weighted by Crippen LogP contribution is 2.23. The lowest BCUT2D eigenvalue weighted by Gasteiger charge is -2.31. The van der Waals surface area contributed by atoms with Gasteiger partial charge in [0.2, 0.25) is 0 Å². The molecule has 3 aliphatic heterocycles. The van der Waals surface area contributed by atoms with E-state index < -0.39 is 11.8 Å². The van der Waals surface area contributed by atoms with Crippen molar-refractivity contribution >= 4 is 17.9 Å². The number of fused-ring (bicyclic) bond motifs is 2. The maximum atomic E-state index is 12.6. The third kappa shape index (κ3) is 4.90. The lowest BCUT2D eigenvalue weighted by Crippen LogP contribution is -2.48. The van der Waals surface area contributed by atoms with Crippen LogP contribution in [-0.2, 0) is 6.54 Å². The van der Waals surface area contributed by atoms with Crippen LogP contribution >= 0.6 is 0 Å². The summed E-state index contributed by atoms with van der Waals surface area (Å²) < 4.78 is 1.45. The van der Waals surface area contributed by atoms with E-state index in [-0.39, 0.29) is 23.9 Å². The molecule has 2 atom stereocenters. The molecule has 3 aliphatic rings. The Bertz CT molecular complexity index is 1110. The van der Waals surface area contributed by atoms with E-state index in [2.05, 4.69) is 25.8 Å². The van der Waals surface area contributed by atoms with Crippen molar-refractivity contribution in [3.8, 4) is 5.69 Å². The Balaban J connectivity index is 1.17. The van der Waals surface area contributed by atoms with Crippen LogP contribution in [-0.4, -0.2) is 80.9 Å². The van der Waals surface area contributed by atoms with Gasteiger partial charge in [0, 0.05) is 57.0 Å². The Morgan fingerprint density at radius 3 is 2.53 bits per heavy atom. The molecule has 1 aromatic heterocycles. The summed E-state index contributed by atoms with van der Waals surface area (Å²) in [5.41, 5.74) is 1.36. The summed E-state index contributed by atoms with van der Waals surface area (Å²) in [4.78, 5) is 44.1. The molecule has 0 unspecified atom stereocenters. The summed E-state index contributed by atoms with van der Waals surface area (Å²) in [6, 6.07) is 9.72. The highest BCUT2D eigenvalue weighted by molar-refractivity contribution is 5.88. The topological polar surface area (TPSA) is 132 Å². The van der Waals surface area contributed by atoms with Crippen molar-refractivity contribution in [3.05, 3.63) is 52.6 Å². The number of rotatable bonds is 5. The number of urea groups is 1. The van der Waals surface area contributed by atoms with Gasteiger partial charge in [-0.05, 0) is 43.0 Å². The molecule has 3 fully saturated rings. The minimum Gasteiger partial charge on any atom is -0.465 e. The van der Waals surface area contributed by atoms with Crippen molar-refractivity contribution in [2.24, 2.45) is 0 Å². The van der Waals surface area contributed by atoms with E-state index in [1.54, 1.807) is 17.2 Å². The molecule has 5 rings (SSSR count). The number of aromatic nitrogens is 2. The fraction of sp³-hybridized carbons (Fsp3) is 0.478. The number of piperazine rings is 1. The number of anilines is 1. The number of carboxylic acid groups (broad SMARTS) is 1. The van der Waals surface area contributed by atoms with E-state index in [4.69, 9.17) is 5.11 Å². The number of carbonyl (C=O) groups is 2. The number of hydrogen-bond acceptors (Lipinski definition) is 6. The zero-order valence-electron chi connectivity index (χ0n) is 18.8. The predicted molar refractivity (Wildman–Crippen MR) is 125 cm³/mol. The fourth-order valence-corrected chi connectivity index (χ4v) is 5.09. The lowest BCUT2D eigenvalue weighted by molar-refractivity contribution is 0.165. The second kappa shape index (κ2) is 9.43. The van der Waals surface area contributed by atoms with Crippen molar-refractivity contribution in [1.29, 1.82) is 0 Å². The molecule has 3 saturated heterocycles. The lowest BCUT2D eigenvalue weighted by atomic mass is 10.0. The number of nitrogens with one attached hydrogen (secondary N) is 3. The van der Waals surface area contributed by atoms with E-state index >= 15 is 0 Å². The van der Waals surface area contributed by atoms with Gasteiger partial charge in [0.05, 0.1) is 5.69 Å². The van der Waals surface area contributed by atoms with Crippen LogP contribution in [0.1, 0.15) is 24.8 Å². The van der Waals surface area contributed by atoms with Gasteiger partial charge in [-0.15, -0.1) is 0 Å².